The molecular formula is C25H31N7O2S. The van der Waals surface area contributed by atoms with Gasteiger partial charge in [-0.15, -0.1) is 11.3 Å². The monoisotopic (exact) mass is 493 g/mol. The van der Waals surface area contributed by atoms with Crippen LogP contribution in [-0.4, -0.2) is 58.3 Å². The number of nitrogens with one attached hydrogen (secondary N) is 1. The molecule has 2 aliphatic rings. The van der Waals surface area contributed by atoms with E-state index in [-0.39, 0.29) is 17.9 Å². The van der Waals surface area contributed by atoms with Gasteiger partial charge in [-0.3, -0.25) is 9.59 Å². The van der Waals surface area contributed by atoms with Crippen molar-refractivity contribution in [2.45, 2.75) is 44.6 Å². The number of nitrogens with two attached hydrogens (primary N) is 1. The second-order valence-corrected chi connectivity index (χ2v) is 10.3. The fraction of sp³-hybridized carbons (Fsp3) is 0.480. The Kier molecular flexibility index (Phi) is 6.81. The predicted molar refractivity (Wildman–Crippen MR) is 137 cm³/mol. The van der Waals surface area contributed by atoms with Crippen molar-refractivity contribution >= 4 is 45.0 Å². The van der Waals surface area contributed by atoms with Crippen LogP contribution in [0.1, 0.15) is 59.9 Å². The zero-order valence-electron chi connectivity index (χ0n) is 19.9. The summed E-state index contributed by atoms with van der Waals surface area (Å²) in [7, 11) is 1.59. The molecule has 0 aliphatic carbocycles. The molecule has 2 aliphatic heterocycles. The lowest BCUT2D eigenvalue weighted by Crippen LogP contribution is -2.41. The number of likely N-dealkylation sites (tertiary alicyclic amines) is 1. The van der Waals surface area contributed by atoms with Gasteiger partial charge in [0.2, 0.25) is 11.9 Å². The molecule has 2 saturated heterocycles. The number of fused-ring (bicyclic) bond motifs is 1. The highest BCUT2D eigenvalue weighted by Crippen LogP contribution is 2.37. The molecule has 0 bridgehead atoms. The highest BCUT2D eigenvalue weighted by Gasteiger charge is 2.32. The zero-order valence-corrected chi connectivity index (χ0v) is 20.8. The van der Waals surface area contributed by atoms with E-state index in [0.717, 1.165) is 73.6 Å². The average Bonchev–Trinajstić information content (AvgIpc) is 3.24. The Morgan fingerprint density at radius 3 is 2.63 bits per heavy atom. The van der Waals surface area contributed by atoms with Gasteiger partial charge in [0.05, 0.1) is 17.4 Å². The standard InChI is InChI=1S/C25H31N7O2S/c1-27-23(34)22-21(26)17-6-7-18(30-24(17)35-22)19-5-2-3-12-32(19)20(33)15-16-8-13-31(14-9-16)25-28-10-4-11-29-25/h4,6-7,10-11,16,19H,2-3,5,8-9,12-15,26H2,1H3,(H,27,34)/t19-/m0/s1. The number of nitrogen functional groups attached to an aromatic ring is 1. The van der Waals surface area contributed by atoms with Crippen molar-refractivity contribution in [3.05, 3.63) is 41.2 Å². The molecule has 184 valence electrons. The number of hydrogen-bond acceptors (Lipinski definition) is 8. The molecule has 5 heterocycles. The van der Waals surface area contributed by atoms with Gasteiger partial charge in [-0.2, -0.15) is 0 Å². The predicted octanol–water partition coefficient (Wildman–Crippen LogP) is 3.39. The summed E-state index contributed by atoms with van der Waals surface area (Å²) in [5, 5.41) is 3.43. The molecule has 0 saturated carbocycles. The maximum absolute atomic E-state index is 13.4. The molecule has 0 unspecified atom stereocenters. The SMILES string of the molecule is CNC(=O)c1sc2nc([C@@H]3CCCCN3C(=O)CC3CCN(c4ncccn4)CC3)ccc2c1N. The molecule has 0 aromatic carbocycles. The van der Waals surface area contributed by atoms with Crippen molar-refractivity contribution in [2.75, 3.05) is 37.3 Å². The van der Waals surface area contributed by atoms with Crippen LogP contribution in [0.15, 0.2) is 30.6 Å². The van der Waals surface area contributed by atoms with E-state index < -0.39 is 0 Å². The number of pyridine rings is 1. The third kappa shape index (κ3) is 4.80. The fourth-order valence-electron chi connectivity index (χ4n) is 5.17. The summed E-state index contributed by atoms with van der Waals surface area (Å²) < 4.78 is 0. The smallest absolute Gasteiger partial charge is 0.263 e. The van der Waals surface area contributed by atoms with E-state index in [0.29, 0.717) is 22.9 Å². The lowest BCUT2D eigenvalue weighted by atomic mass is 9.91. The minimum absolute atomic E-state index is 0.0368. The van der Waals surface area contributed by atoms with Gasteiger partial charge in [0.1, 0.15) is 9.71 Å². The molecule has 2 fully saturated rings. The maximum atomic E-state index is 13.4. The van der Waals surface area contributed by atoms with Crippen molar-refractivity contribution in [1.82, 2.24) is 25.2 Å². The van der Waals surface area contributed by atoms with Gasteiger partial charge in [-0.05, 0) is 56.2 Å². The number of aromatic nitrogens is 3. The molecule has 0 spiro atoms. The third-order valence-electron chi connectivity index (χ3n) is 7.13. The van der Waals surface area contributed by atoms with Crippen LogP contribution in [0.4, 0.5) is 11.6 Å². The Labute approximate surface area is 208 Å². The Balaban J connectivity index is 1.28. The van der Waals surface area contributed by atoms with Crippen LogP contribution in [0.5, 0.6) is 0 Å². The molecule has 9 nitrogen and oxygen atoms in total. The van der Waals surface area contributed by atoms with E-state index in [1.165, 1.54) is 11.3 Å². The second kappa shape index (κ2) is 10.2. The number of amides is 2. The molecule has 3 N–H and O–H groups in total. The van der Waals surface area contributed by atoms with Crippen LogP contribution in [0.3, 0.4) is 0 Å². The quantitative estimate of drug-likeness (QED) is 0.559. The lowest BCUT2D eigenvalue weighted by Gasteiger charge is -2.37. The first-order valence-electron chi connectivity index (χ1n) is 12.3. The summed E-state index contributed by atoms with van der Waals surface area (Å²) in [6.07, 6.45) is 9.01. The molecule has 3 aromatic rings. The van der Waals surface area contributed by atoms with Gasteiger partial charge in [0.15, 0.2) is 0 Å². The Hall–Kier alpha value is -3.27. The van der Waals surface area contributed by atoms with Crippen molar-refractivity contribution in [3.8, 4) is 0 Å². The molecule has 10 heteroatoms. The van der Waals surface area contributed by atoms with E-state index in [9.17, 15) is 9.59 Å². The van der Waals surface area contributed by atoms with Crippen LogP contribution < -0.4 is 16.0 Å². The summed E-state index contributed by atoms with van der Waals surface area (Å²) in [6.45, 7) is 2.50. The summed E-state index contributed by atoms with van der Waals surface area (Å²) in [5.74, 6) is 1.14. The van der Waals surface area contributed by atoms with E-state index >= 15 is 0 Å². The summed E-state index contributed by atoms with van der Waals surface area (Å²) in [4.78, 5) is 44.6. The first kappa shape index (κ1) is 23.5. The van der Waals surface area contributed by atoms with Crippen molar-refractivity contribution in [3.63, 3.8) is 0 Å². The van der Waals surface area contributed by atoms with Crippen molar-refractivity contribution < 1.29 is 9.59 Å². The van der Waals surface area contributed by atoms with E-state index in [2.05, 4.69) is 20.2 Å². The van der Waals surface area contributed by atoms with Crippen LogP contribution in [0.2, 0.25) is 0 Å². The van der Waals surface area contributed by atoms with Gasteiger partial charge in [0.25, 0.3) is 5.91 Å². The van der Waals surface area contributed by atoms with Crippen LogP contribution in [0.25, 0.3) is 10.2 Å². The van der Waals surface area contributed by atoms with Gasteiger partial charge < -0.3 is 20.9 Å². The van der Waals surface area contributed by atoms with Gasteiger partial charge >= 0.3 is 0 Å². The van der Waals surface area contributed by atoms with E-state index in [4.69, 9.17) is 10.7 Å². The molecule has 2 amide bonds. The molecule has 0 radical (unpaired) electrons. The maximum Gasteiger partial charge on any atom is 0.263 e. The number of anilines is 2. The zero-order chi connectivity index (χ0) is 24.4. The number of carbonyl (C=O) groups excluding carboxylic acids is 2. The van der Waals surface area contributed by atoms with E-state index in [1.54, 1.807) is 19.4 Å². The topological polar surface area (TPSA) is 117 Å². The largest absolute Gasteiger partial charge is 0.397 e. The number of nitrogens with zero attached hydrogens (tertiary/aromatic N) is 5. The van der Waals surface area contributed by atoms with Crippen LogP contribution >= 0.6 is 11.3 Å². The number of piperidine rings is 2. The van der Waals surface area contributed by atoms with Crippen molar-refractivity contribution in [1.29, 1.82) is 0 Å². The lowest BCUT2D eigenvalue weighted by molar-refractivity contribution is -0.136. The number of hydrogen-bond donors (Lipinski definition) is 2. The number of rotatable bonds is 5. The molecule has 3 aromatic heterocycles. The Morgan fingerprint density at radius 2 is 1.89 bits per heavy atom. The summed E-state index contributed by atoms with van der Waals surface area (Å²) >= 11 is 1.30. The number of thiophene rings is 1. The second-order valence-electron chi connectivity index (χ2n) is 9.29. The first-order chi connectivity index (χ1) is 17.0. The fourth-order valence-corrected chi connectivity index (χ4v) is 6.22. The third-order valence-corrected chi connectivity index (χ3v) is 8.24. The summed E-state index contributed by atoms with van der Waals surface area (Å²) in [6, 6.07) is 5.69. The molecule has 5 rings (SSSR count). The average molecular weight is 494 g/mol. The summed E-state index contributed by atoms with van der Waals surface area (Å²) in [5.41, 5.74) is 7.55. The minimum Gasteiger partial charge on any atom is -0.397 e. The molecular weight excluding hydrogens is 462 g/mol. The molecule has 1 atom stereocenters. The Morgan fingerprint density at radius 1 is 1.11 bits per heavy atom. The van der Waals surface area contributed by atoms with Gasteiger partial charge in [-0.1, -0.05) is 0 Å². The van der Waals surface area contributed by atoms with Gasteiger partial charge in [-0.25, -0.2) is 15.0 Å². The highest BCUT2D eigenvalue weighted by molar-refractivity contribution is 7.21. The minimum atomic E-state index is -0.202. The van der Waals surface area contributed by atoms with E-state index in [1.807, 2.05) is 23.1 Å². The number of carbonyl (C=O) groups is 2. The van der Waals surface area contributed by atoms with Crippen molar-refractivity contribution in [2.24, 2.45) is 5.92 Å². The van der Waals surface area contributed by atoms with Crippen LogP contribution in [-0.2, 0) is 4.79 Å². The Bertz CT molecular complexity index is 1210. The molecule has 35 heavy (non-hydrogen) atoms. The van der Waals surface area contributed by atoms with Gasteiger partial charge in [0, 0.05) is 50.9 Å². The van der Waals surface area contributed by atoms with Crippen LogP contribution in [0, 0.1) is 5.92 Å². The highest BCUT2D eigenvalue weighted by atomic mass is 32.1. The normalized spacial score (nSPS) is 19.2. The first-order valence-corrected chi connectivity index (χ1v) is 13.1.